The van der Waals surface area contributed by atoms with Crippen molar-refractivity contribution in [1.82, 2.24) is 15.5 Å². The fourth-order valence-electron chi connectivity index (χ4n) is 1.76. The van der Waals surface area contributed by atoms with Gasteiger partial charge in [-0.1, -0.05) is 5.16 Å². The van der Waals surface area contributed by atoms with E-state index < -0.39 is 0 Å². The van der Waals surface area contributed by atoms with Crippen LogP contribution in [0, 0.1) is 6.92 Å². The molecule has 1 aliphatic rings. The van der Waals surface area contributed by atoms with Gasteiger partial charge in [-0.3, -0.25) is 0 Å². The highest BCUT2D eigenvalue weighted by molar-refractivity contribution is 4.88. The molecule has 1 aliphatic carbocycles. The minimum Gasteiger partial charge on any atom is -0.381 e. The molecule has 0 atom stereocenters. The molecule has 0 saturated heterocycles. The summed E-state index contributed by atoms with van der Waals surface area (Å²) >= 11 is 0. The lowest BCUT2D eigenvalue weighted by Crippen LogP contribution is -2.45. The van der Waals surface area contributed by atoms with Gasteiger partial charge in [-0.05, 0) is 12.8 Å². The summed E-state index contributed by atoms with van der Waals surface area (Å²) in [4.78, 5) is 4.14. The van der Waals surface area contributed by atoms with Crippen LogP contribution >= 0.6 is 0 Å². The monoisotopic (exact) mass is 211 g/mol. The molecule has 15 heavy (non-hydrogen) atoms. The van der Waals surface area contributed by atoms with Crippen molar-refractivity contribution in [1.29, 1.82) is 0 Å². The van der Waals surface area contributed by atoms with Crippen molar-refractivity contribution < 1.29 is 9.26 Å². The number of ether oxygens (including phenoxy) is 1. The first-order valence-corrected chi connectivity index (χ1v) is 5.33. The Balaban J connectivity index is 1.60. The van der Waals surface area contributed by atoms with E-state index in [9.17, 15) is 0 Å². The number of hydrogen-bond donors (Lipinski definition) is 1. The highest BCUT2D eigenvalue weighted by Gasteiger charge is 2.28. The lowest BCUT2D eigenvalue weighted by atomic mass is 9.89. The smallest absolute Gasteiger partial charge is 0.223 e. The van der Waals surface area contributed by atoms with Crippen LogP contribution in [-0.2, 0) is 11.2 Å². The summed E-state index contributed by atoms with van der Waals surface area (Å²) in [5.74, 6) is 1.41. The van der Waals surface area contributed by atoms with Crippen molar-refractivity contribution in [2.45, 2.75) is 38.3 Å². The first-order valence-electron chi connectivity index (χ1n) is 5.33. The van der Waals surface area contributed by atoms with Gasteiger partial charge < -0.3 is 14.6 Å². The molecule has 0 unspecified atom stereocenters. The standard InChI is InChI=1S/C10H17N3O2/c1-7-12-10(13-15-7)3-4-11-8-5-9(6-8)14-2/h8-9,11H,3-6H2,1-2H3. The van der Waals surface area contributed by atoms with Gasteiger partial charge in [0.2, 0.25) is 5.89 Å². The van der Waals surface area contributed by atoms with Crippen molar-refractivity contribution in [2.24, 2.45) is 0 Å². The van der Waals surface area contributed by atoms with E-state index in [0.29, 0.717) is 18.0 Å². The average molecular weight is 211 g/mol. The second-order valence-electron chi connectivity index (χ2n) is 3.96. The normalized spacial score (nSPS) is 25.2. The second kappa shape index (κ2) is 4.72. The van der Waals surface area contributed by atoms with Crippen molar-refractivity contribution in [3.05, 3.63) is 11.7 Å². The zero-order valence-electron chi connectivity index (χ0n) is 9.19. The predicted octanol–water partition coefficient (Wildman–Crippen LogP) is 0.688. The SMILES string of the molecule is COC1CC(NCCc2noc(C)n2)C1. The number of hydrogen-bond acceptors (Lipinski definition) is 5. The Kier molecular flexibility index (Phi) is 3.33. The van der Waals surface area contributed by atoms with Gasteiger partial charge in [-0.2, -0.15) is 4.98 Å². The van der Waals surface area contributed by atoms with E-state index in [2.05, 4.69) is 15.5 Å². The van der Waals surface area contributed by atoms with E-state index in [0.717, 1.165) is 31.6 Å². The minimum absolute atomic E-state index is 0.454. The summed E-state index contributed by atoms with van der Waals surface area (Å²) < 4.78 is 10.1. The topological polar surface area (TPSA) is 60.2 Å². The molecule has 0 aliphatic heterocycles. The fourth-order valence-corrected chi connectivity index (χ4v) is 1.76. The van der Waals surface area contributed by atoms with Gasteiger partial charge >= 0.3 is 0 Å². The van der Waals surface area contributed by atoms with Gasteiger partial charge in [0.05, 0.1) is 6.10 Å². The Hall–Kier alpha value is -0.940. The lowest BCUT2D eigenvalue weighted by Gasteiger charge is -2.34. The summed E-state index contributed by atoms with van der Waals surface area (Å²) in [6, 6.07) is 0.600. The second-order valence-corrected chi connectivity index (χ2v) is 3.96. The number of nitrogens with zero attached hydrogens (tertiary/aromatic N) is 2. The minimum atomic E-state index is 0.454. The number of nitrogens with one attached hydrogen (secondary N) is 1. The van der Waals surface area contributed by atoms with Crippen LogP contribution in [0.5, 0.6) is 0 Å². The number of aryl methyl sites for hydroxylation is 1. The Morgan fingerprint density at radius 1 is 1.53 bits per heavy atom. The maximum Gasteiger partial charge on any atom is 0.223 e. The molecule has 0 spiro atoms. The van der Waals surface area contributed by atoms with Crippen LogP contribution in [0.4, 0.5) is 0 Å². The van der Waals surface area contributed by atoms with E-state index >= 15 is 0 Å². The van der Waals surface area contributed by atoms with Crippen molar-refractivity contribution in [3.8, 4) is 0 Å². The molecule has 0 bridgehead atoms. The van der Waals surface area contributed by atoms with E-state index in [-0.39, 0.29) is 0 Å². The molecule has 2 rings (SSSR count). The predicted molar refractivity (Wildman–Crippen MR) is 54.6 cm³/mol. The molecule has 1 fully saturated rings. The van der Waals surface area contributed by atoms with E-state index in [1.165, 1.54) is 0 Å². The van der Waals surface area contributed by atoms with Crippen LogP contribution in [0.25, 0.3) is 0 Å². The molecule has 0 amide bonds. The van der Waals surface area contributed by atoms with Gasteiger partial charge in [0.15, 0.2) is 5.82 Å². The van der Waals surface area contributed by atoms with E-state index in [4.69, 9.17) is 9.26 Å². The molecule has 1 saturated carbocycles. The lowest BCUT2D eigenvalue weighted by molar-refractivity contribution is 0.0176. The molecule has 0 aromatic carbocycles. The maximum atomic E-state index is 5.20. The molecular weight excluding hydrogens is 194 g/mol. The zero-order valence-corrected chi connectivity index (χ0v) is 9.19. The van der Waals surface area contributed by atoms with Crippen LogP contribution in [0.15, 0.2) is 4.52 Å². The molecular formula is C10H17N3O2. The van der Waals surface area contributed by atoms with Gasteiger partial charge in [0.1, 0.15) is 0 Å². The maximum absolute atomic E-state index is 5.20. The van der Waals surface area contributed by atoms with Crippen LogP contribution in [-0.4, -0.2) is 35.9 Å². The summed E-state index contributed by atoms with van der Waals surface area (Å²) in [6.07, 6.45) is 3.50. The first-order chi connectivity index (χ1) is 7.28. The van der Waals surface area contributed by atoms with Gasteiger partial charge in [0.25, 0.3) is 0 Å². The molecule has 1 heterocycles. The number of rotatable bonds is 5. The Morgan fingerprint density at radius 3 is 2.93 bits per heavy atom. The number of aromatic nitrogens is 2. The summed E-state index contributed by atoms with van der Waals surface area (Å²) in [5, 5.41) is 7.28. The summed E-state index contributed by atoms with van der Waals surface area (Å²) in [5.41, 5.74) is 0. The largest absolute Gasteiger partial charge is 0.381 e. The van der Waals surface area contributed by atoms with E-state index in [1.807, 2.05) is 0 Å². The molecule has 84 valence electrons. The Bertz CT molecular complexity index is 307. The van der Waals surface area contributed by atoms with Gasteiger partial charge in [-0.25, -0.2) is 0 Å². The molecule has 1 aromatic rings. The highest BCUT2D eigenvalue weighted by atomic mass is 16.5. The van der Waals surface area contributed by atoms with Gasteiger partial charge in [0, 0.05) is 33.0 Å². The summed E-state index contributed by atoms with van der Waals surface area (Å²) in [7, 11) is 1.77. The quantitative estimate of drug-likeness (QED) is 0.776. The van der Waals surface area contributed by atoms with E-state index in [1.54, 1.807) is 14.0 Å². The van der Waals surface area contributed by atoms with Crippen LogP contribution < -0.4 is 5.32 Å². The third-order valence-corrected chi connectivity index (χ3v) is 2.78. The van der Waals surface area contributed by atoms with Crippen molar-refractivity contribution in [2.75, 3.05) is 13.7 Å². The zero-order chi connectivity index (χ0) is 10.7. The van der Waals surface area contributed by atoms with Crippen LogP contribution in [0.2, 0.25) is 0 Å². The summed E-state index contributed by atoms with van der Waals surface area (Å²) in [6.45, 7) is 2.71. The average Bonchev–Trinajstić information content (AvgIpc) is 2.55. The van der Waals surface area contributed by atoms with Gasteiger partial charge in [-0.15, -0.1) is 0 Å². The molecule has 5 heteroatoms. The van der Waals surface area contributed by atoms with Crippen LogP contribution in [0.1, 0.15) is 24.6 Å². The van der Waals surface area contributed by atoms with Crippen molar-refractivity contribution in [3.63, 3.8) is 0 Å². The first kappa shape index (κ1) is 10.6. The van der Waals surface area contributed by atoms with Crippen LogP contribution in [0.3, 0.4) is 0 Å². The third kappa shape index (κ3) is 2.76. The highest BCUT2D eigenvalue weighted by Crippen LogP contribution is 2.22. The fraction of sp³-hybridized carbons (Fsp3) is 0.800. The Morgan fingerprint density at radius 2 is 2.33 bits per heavy atom. The van der Waals surface area contributed by atoms with Crippen molar-refractivity contribution >= 4 is 0 Å². The molecule has 5 nitrogen and oxygen atoms in total. The molecule has 1 aromatic heterocycles. The Labute approximate surface area is 89.2 Å². The third-order valence-electron chi connectivity index (χ3n) is 2.78. The molecule has 0 radical (unpaired) electrons. The number of methoxy groups -OCH3 is 1. The molecule has 1 N–H and O–H groups in total.